The van der Waals surface area contributed by atoms with E-state index in [-0.39, 0.29) is 23.9 Å². The van der Waals surface area contributed by atoms with Crippen LogP contribution in [0.25, 0.3) is 0 Å². The first-order valence-corrected chi connectivity index (χ1v) is 6.51. The van der Waals surface area contributed by atoms with Gasteiger partial charge in [-0.1, -0.05) is 32.9 Å². The Morgan fingerprint density at radius 1 is 1.19 bits per heavy atom. The zero-order valence-corrected chi connectivity index (χ0v) is 12.6. The number of likely N-dealkylation sites (N-methyl/N-ethyl adjacent to an activating group) is 1. The largest absolute Gasteiger partial charge is 0.478 e. The number of aromatic carboxylic acids is 1. The summed E-state index contributed by atoms with van der Waals surface area (Å²) in [6.45, 7) is 5.06. The molecule has 0 unspecified atom stereocenters. The summed E-state index contributed by atoms with van der Waals surface area (Å²) < 4.78 is 0. The smallest absolute Gasteiger partial charge is 0.337 e. The Hall–Kier alpha value is -2.37. The molecule has 0 aliphatic carbocycles. The summed E-state index contributed by atoms with van der Waals surface area (Å²) >= 11 is 0. The molecule has 114 valence electrons. The van der Waals surface area contributed by atoms with Crippen LogP contribution in [0.5, 0.6) is 0 Å². The van der Waals surface area contributed by atoms with E-state index in [1.165, 1.54) is 18.0 Å². The second-order valence-corrected chi connectivity index (χ2v) is 5.71. The van der Waals surface area contributed by atoms with Crippen molar-refractivity contribution in [2.75, 3.05) is 18.5 Å². The lowest BCUT2D eigenvalue weighted by Crippen LogP contribution is -2.42. The van der Waals surface area contributed by atoms with Gasteiger partial charge in [0, 0.05) is 12.5 Å². The van der Waals surface area contributed by atoms with Gasteiger partial charge >= 0.3 is 5.97 Å². The van der Waals surface area contributed by atoms with Crippen molar-refractivity contribution in [3.05, 3.63) is 29.8 Å². The van der Waals surface area contributed by atoms with Gasteiger partial charge in [-0.3, -0.25) is 9.59 Å². The lowest BCUT2D eigenvalue weighted by Gasteiger charge is -2.21. The summed E-state index contributed by atoms with van der Waals surface area (Å²) in [5, 5.41) is 11.7. The van der Waals surface area contributed by atoms with Gasteiger partial charge in [0.2, 0.25) is 11.8 Å². The van der Waals surface area contributed by atoms with Gasteiger partial charge in [0.1, 0.15) is 0 Å². The molecule has 6 heteroatoms. The molecule has 21 heavy (non-hydrogen) atoms. The molecule has 0 bridgehead atoms. The molecule has 0 aliphatic rings. The maximum absolute atomic E-state index is 12.1. The van der Waals surface area contributed by atoms with Gasteiger partial charge in [0.15, 0.2) is 0 Å². The van der Waals surface area contributed by atoms with E-state index in [9.17, 15) is 14.4 Å². The quantitative estimate of drug-likeness (QED) is 0.880. The van der Waals surface area contributed by atoms with Crippen molar-refractivity contribution in [1.82, 2.24) is 5.32 Å². The Labute approximate surface area is 123 Å². The summed E-state index contributed by atoms with van der Waals surface area (Å²) in [4.78, 5) is 36.2. The summed E-state index contributed by atoms with van der Waals surface area (Å²) in [7, 11) is 1.48. The van der Waals surface area contributed by atoms with Crippen LogP contribution in [0.4, 0.5) is 5.69 Å². The van der Waals surface area contributed by atoms with Crippen LogP contribution >= 0.6 is 0 Å². The number of nitrogens with one attached hydrogen (secondary N) is 1. The second kappa shape index (κ2) is 6.39. The van der Waals surface area contributed by atoms with Crippen LogP contribution in [0.1, 0.15) is 31.1 Å². The van der Waals surface area contributed by atoms with E-state index in [0.29, 0.717) is 5.69 Å². The molecule has 2 N–H and O–H groups in total. The van der Waals surface area contributed by atoms with Crippen LogP contribution < -0.4 is 10.2 Å². The molecular formula is C15H20N2O4. The normalized spacial score (nSPS) is 10.9. The number of anilines is 1. The van der Waals surface area contributed by atoms with E-state index in [0.717, 1.165) is 0 Å². The molecule has 0 spiro atoms. The summed E-state index contributed by atoms with van der Waals surface area (Å²) in [6.07, 6.45) is 0. The number of benzene rings is 1. The molecule has 0 saturated carbocycles. The Bertz CT molecular complexity index is 561. The number of carbonyl (C=O) groups excluding carboxylic acids is 2. The van der Waals surface area contributed by atoms with Gasteiger partial charge in [0.05, 0.1) is 17.8 Å². The molecule has 0 saturated heterocycles. The van der Waals surface area contributed by atoms with Crippen molar-refractivity contribution in [2.24, 2.45) is 5.41 Å². The maximum atomic E-state index is 12.1. The highest BCUT2D eigenvalue weighted by atomic mass is 16.4. The molecule has 0 heterocycles. The third-order valence-electron chi connectivity index (χ3n) is 2.95. The minimum Gasteiger partial charge on any atom is -0.478 e. The number of carboxylic acids is 1. The summed E-state index contributed by atoms with van der Waals surface area (Å²) in [5.41, 5.74) is -0.256. The third kappa shape index (κ3) is 4.30. The number of amides is 2. The number of carbonyl (C=O) groups is 3. The van der Waals surface area contributed by atoms with Crippen molar-refractivity contribution in [2.45, 2.75) is 20.8 Å². The number of rotatable bonds is 4. The lowest BCUT2D eigenvalue weighted by atomic mass is 9.96. The third-order valence-corrected chi connectivity index (χ3v) is 2.95. The second-order valence-electron chi connectivity index (χ2n) is 5.71. The van der Waals surface area contributed by atoms with Crippen molar-refractivity contribution < 1.29 is 19.5 Å². The number of carboxylic acid groups (broad SMARTS) is 1. The van der Waals surface area contributed by atoms with Crippen LogP contribution in [-0.4, -0.2) is 36.5 Å². The van der Waals surface area contributed by atoms with Crippen LogP contribution in [0.2, 0.25) is 0 Å². The lowest BCUT2D eigenvalue weighted by molar-refractivity contribution is -0.130. The van der Waals surface area contributed by atoms with E-state index < -0.39 is 11.4 Å². The van der Waals surface area contributed by atoms with Crippen molar-refractivity contribution in [3.63, 3.8) is 0 Å². The Morgan fingerprint density at radius 3 is 2.29 bits per heavy atom. The Morgan fingerprint density at radius 2 is 1.76 bits per heavy atom. The minimum atomic E-state index is -1.11. The fourth-order valence-electron chi connectivity index (χ4n) is 1.62. The average molecular weight is 292 g/mol. The standard InChI is InChI=1S/C15H20N2O4/c1-15(2,3)14(21)16-9-12(18)17(4)11-8-6-5-7-10(11)13(19)20/h5-8H,9H2,1-4H3,(H,16,21)(H,19,20). The first kappa shape index (κ1) is 16.7. The zero-order chi connectivity index (χ0) is 16.2. The predicted octanol–water partition coefficient (Wildman–Crippen LogP) is 1.51. The molecule has 2 amide bonds. The fourth-order valence-corrected chi connectivity index (χ4v) is 1.62. The van der Waals surface area contributed by atoms with Crippen molar-refractivity contribution in [1.29, 1.82) is 0 Å². The van der Waals surface area contributed by atoms with Crippen molar-refractivity contribution >= 4 is 23.5 Å². The molecule has 0 fully saturated rings. The van der Waals surface area contributed by atoms with E-state index in [1.807, 2.05) is 0 Å². The van der Waals surface area contributed by atoms with Crippen LogP contribution in [0.3, 0.4) is 0 Å². The number of hydrogen-bond donors (Lipinski definition) is 2. The van der Waals surface area contributed by atoms with E-state index in [2.05, 4.69) is 5.32 Å². The highest BCUT2D eigenvalue weighted by Crippen LogP contribution is 2.19. The fraction of sp³-hybridized carbons (Fsp3) is 0.400. The molecular weight excluding hydrogens is 272 g/mol. The van der Waals surface area contributed by atoms with Gasteiger partial charge in [0.25, 0.3) is 0 Å². The summed E-state index contributed by atoms with van der Waals surface area (Å²) in [6, 6.07) is 6.22. The molecule has 1 aromatic rings. The molecule has 6 nitrogen and oxygen atoms in total. The van der Waals surface area contributed by atoms with Crippen molar-refractivity contribution in [3.8, 4) is 0 Å². The molecule has 1 aromatic carbocycles. The maximum Gasteiger partial charge on any atom is 0.337 e. The van der Waals surface area contributed by atoms with E-state index in [4.69, 9.17) is 5.11 Å². The van der Waals surface area contributed by atoms with Gasteiger partial charge in [-0.15, -0.1) is 0 Å². The van der Waals surface area contributed by atoms with Gasteiger partial charge < -0.3 is 15.3 Å². The SMILES string of the molecule is CN(C(=O)CNC(=O)C(C)(C)C)c1ccccc1C(=O)O. The zero-order valence-electron chi connectivity index (χ0n) is 12.6. The molecule has 1 rings (SSSR count). The Kier molecular flexibility index (Phi) is 5.07. The van der Waals surface area contributed by atoms with E-state index in [1.54, 1.807) is 39.0 Å². The van der Waals surface area contributed by atoms with Crippen LogP contribution in [0.15, 0.2) is 24.3 Å². The topological polar surface area (TPSA) is 86.7 Å². The average Bonchev–Trinajstić information content (AvgIpc) is 2.42. The first-order valence-electron chi connectivity index (χ1n) is 6.51. The highest BCUT2D eigenvalue weighted by Gasteiger charge is 2.23. The predicted molar refractivity (Wildman–Crippen MR) is 79.3 cm³/mol. The molecule has 0 atom stereocenters. The van der Waals surface area contributed by atoms with Crippen LogP contribution in [-0.2, 0) is 9.59 Å². The minimum absolute atomic E-state index is 0.0375. The monoisotopic (exact) mass is 292 g/mol. The summed E-state index contributed by atoms with van der Waals surface area (Å²) in [5.74, 6) is -1.74. The first-order chi connectivity index (χ1) is 9.64. The van der Waals surface area contributed by atoms with Gasteiger partial charge in [-0.05, 0) is 12.1 Å². The van der Waals surface area contributed by atoms with Gasteiger partial charge in [-0.2, -0.15) is 0 Å². The van der Waals surface area contributed by atoms with Crippen LogP contribution in [0, 0.1) is 5.41 Å². The van der Waals surface area contributed by atoms with E-state index >= 15 is 0 Å². The number of hydrogen-bond acceptors (Lipinski definition) is 3. The molecule has 0 radical (unpaired) electrons. The number of nitrogens with zero attached hydrogens (tertiary/aromatic N) is 1. The molecule has 0 aromatic heterocycles. The highest BCUT2D eigenvalue weighted by molar-refractivity contribution is 6.03. The Balaban J connectivity index is 2.80. The molecule has 0 aliphatic heterocycles. The van der Waals surface area contributed by atoms with Gasteiger partial charge in [-0.25, -0.2) is 4.79 Å². The number of para-hydroxylation sites is 1.